The van der Waals surface area contributed by atoms with Gasteiger partial charge in [0.05, 0.1) is 24.5 Å². The van der Waals surface area contributed by atoms with Gasteiger partial charge in [-0.05, 0) is 49.9 Å². The number of amides is 2. The van der Waals surface area contributed by atoms with E-state index in [2.05, 4.69) is 4.98 Å². The van der Waals surface area contributed by atoms with Crippen LogP contribution in [0.15, 0.2) is 47.3 Å². The van der Waals surface area contributed by atoms with Crippen LogP contribution in [0.5, 0.6) is 0 Å². The van der Waals surface area contributed by atoms with Gasteiger partial charge >= 0.3 is 0 Å². The van der Waals surface area contributed by atoms with E-state index in [0.29, 0.717) is 18.7 Å². The van der Waals surface area contributed by atoms with E-state index < -0.39 is 0 Å². The zero-order chi connectivity index (χ0) is 19.3. The lowest BCUT2D eigenvalue weighted by atomic mass is 10.2. The zero-order valence-corrected chi connectivity index (χ0v) is 15.8. The number of rotatable bonds is 8. The van der Waals surface area contributed by atoms with Crippen LogP contribution in [0.1, 0.15) is 41.8 Å². The Hall–Kier alpha value is -2.67. The molecule has 28 heavy (non-hydrogen) atoms. The van der Waals surface area contributed by atoms with Gasteiger partial charge in [0.15, 0.2) is 0 Å². The molecule has 2 fully saturated rings. The standard InChI is InChI=1S/C21H25N3O4/c25-20(15-24(17-7-8-17)21(26)16-4-1-9-22-12-16)23(13-18-5-2-10-27-18)14-19-6-3-11-28-19/h1-2,4-5,9-10,12,17,19H,3,6-8,11,13-15H2/t19-/m0/s1. The molecule has 0 radical (unpaired) electrons. The highest BCUT2D eigenvalue weighted by molar-refractivity contribution is 5.96. The second-order valence-electron chi connectivity index (χ2n) is 7.39. The molecule has 1 aliphatic heterocycles. The van der Waals surface area contributed by atoms with Crippen LogP contribution in [0.2, 0.25) is 0 Å². The summed E-state index contributed by atoms with van der Waals surface area (Å²) < 4.78 is 11.2. The fourth-order valence-corrected chi connectivity index (χ4v) is 3.53. The summed E-state index contributed by atoms with van der Waals surface area (Å²) in [5, 5.41) is 0. The Balaban J connectivity index is 1.47. The molecule has 4 rings (SSSR count). The quantitative estimate of drug-likeness (QED) is 0.700. The fourth-order valence-electron chi connectivity index (χ4n) is 3.53. The Labute approximate surface area is 164 Å². The molecule has 2 aromatic rings. The van der Waals surface area contributed by atoms with Crippen molar-refractivity contribution < 1.29 is 18.7 Å². The third-order valence-electron chi connectivity index (χ3n) is 5.19. The normalized spacial score (nSPS) is 18.8. The van der Waals surface area contributed by atoms with E-state index in [0.717, 1.165) is 38.1 Å². The lowest BCUT2D eigenvalue weighted by Gasteiger charge is -2.28. The lowest BCUT2D eigenvalue weighted by Crippen LogP contribution is -2.45. The van der Waals surface area contributed by atoms with E-state index >= 15 is 0 Å². The Bertz CT molecular complexity index is 783. The number of furan rings is 1. The Morgan fingerprint density at radius 3 is 2.71 bits per heavy atom. The number of carbonyl (C=O) groups is 2. The van der Waals surface area contributed by atoms with E-state index in [9.17, 15) is 9.59 Å². The molecule has 0 bridgehead atoms. The van der Waals surface area contributed by atoms with Crippen LogP contribution in [0.4, 0.5) is 0 Å². The molecule has 7 nitrogen and oxygen atoms in total. The molecular weight excluding hydrogens is 358 g/mol. The molecule has 0 spiro atoms. The van der Waals surface area contributed by atoms with E-state index in [1.54, 1.807) is 40.6 Å². The van der Waals surface area contributed by atoms with Crippen molar-refractivity contribution in [2.24, 2.45) is 0 Å². The van der Waals surface area contributed by atoms with Gasteiger partial charge < -0.3 is 19.0 Å². The summed E-state index contributed by atoms with van der Waals surface area (Å²) in [7, 11) is 0. The molecule has 2 aliphatic rings. The molecular formula is C21H25N3O4. The van der Waals surface area contributed by atoms with Gasteiger partial charge in [-0.2, -0.15) is 0 Å². The summed E-state index contributed by atoms with van der Waals surface area (Å²) in [5.74, 6) is 0.498. The van der Waals surface area contributed by atoms with Gasteiger partial charge in [0.25, 0.3) is 5.91 Å². The zero-order valence-electron chi connectivity index (χ0n) is 15.8. The van der Waals surface area contributed by atoms with Crippen molar-refractivity contribution in [1.29, 1.82) is 0 Å². The van der Waals surface area contributed by atoms with Gasteiger partial charge in [-0.1, -0.05) is 0 Å². The molecule has 1 aliphatic carbocycles. The molecule has 3 heterocycles. The van der Waals surface area contributed by atoms with Crippen molar-refractivity contribution in [2.45, 2.75) is 44.4 Å². The summed E-state index contributed by atoms with van der Waals surface area (Å²) >= 11 is 0. The van der Waals surface area contributed by atoms with Crippen molar-refractivity contribution in [3.8, 4) is 0 Å². The van der Waals surface area contributed by atoms with Crippen molar-refractivity contribution in [3.63, 3.8) is 0 Å². The highest BCUT2D eigenvalue weighted by Crippen LogP contribution is 2.28. The van der Waals surface area contributed by atoms with E-state index in [4.69, 9.17) is 9.15 Å². The number of aromatic nitrogens is 1. The van der Waals surface area contributed by atoms with E-state index in [-0.39, 0.29) is 30.5 Å². The molecule has 1 saturated carbocycles. The Morgan fingerprint density at radius 2 is 2.07 bits per heavy atom. The van der Waals surface area contributed by atoms with Crippen LogP contribution in [0.25, 0.3) is 0 Å². The topological polar surface area (TPSA) is 75.9 Å². The highest BCUT2D eigenvalue weighted by atomic mass is 16.5. The summed E-state index contributed by atoms with van der Waals surface area (Å²) in [6, 6.07) is 7.27. The average molecular weight is 383 g/mol. The monoisotopic (exact) mass is 383 g/mol. The minimum absolute atomic E-state index is 0.0438. The van der Waals surface area contributed by atoms with E-state index in [1.807, 2.05) is 12.1 Å². The maximum Gasteiger partial charge on any atom is 0.256 e. The van der Waals surface area contributed by atoms with Crippen LogP contribution < -0.4 is 0 Å². The minimum Gasteiger partial charge on any atom is -0.467 e. The van der Waals surface area contributed by atoms with Crippen molar-refractivity contribution in [1.82, 2.24) is 14.8 Å². The van der Waals surface area contributed by atoms with Crippen molar-refractivity contribution in [3.05, 3.63) is 54.2 Å². The van der Waals surface area contributed by atoms with Gasteiger partial charge in [-0.15, -0.1) is 0 Å². The predicted octanol–water partition coefficient (Wildman–Crippen LogP) is 2.49. The third-order valence-corrected chi connectivity index (χ3v) is 5.19. The average Bonchev–Trinajstić information content (AvgIpc) is 3.18. The fraction of sp³-hybridized carbons (Fsp3) is 0.476. The van der Waals surface area contributed by atoms with Crippen LogP contribution >= 0.6 is 0 Å². The molecule has 148 valence electrons. The number of hydrogen-bond donors (Lipinski definition) is 0. The molecule has 0 unspecified atom stereocenters. The molecule has 1 saturated heterocycles. The second-order valence-corrected chi connectivity index (χ2v) is 7.39. The van der Waals surface area contributed by atoms with Crippen molar-refractivity contribution in [2.75, 3.05) is 19.7 Å². The summed E-state index contributed by atoms with van der Waals surface area (Å²) in [5.41, 5.74) is 0.513. The predicted molar refractivity (Wildman–Crippen MR) is 101 cm³/mol. The van der Waals surface area contributed by atoms with E-state index in [1.165, 1.54) is 0 Å². The van der Waals surface area contributed by atoms with Crippen molar-refractivity contribution >= 4 is 11.8 Å². The molecule has 0 aromatic carbocycles. The first-order valence-electron chi connectivity index (χ1n) is 9.83. The number of nitrogens with zero attached hydrogens (tertiary/aromatic N) is 3. The summed E-state index contributed by atoms with van der Waals surface area (Å²) in [4.78, 5) is 33.5. The van der Waals surface area contributed by atoms with Gasteiger partial charge in [0.1, 0.15) is 12.3 Å². The molecule has 1 atom stereocenters. The van der Waals surface area contributed by atoms with Crippen LogP contribution in [-0.4, -0.2) is 58.4 Å². The Morgan fingerprint density at radius 1 is 1.18 bits per heavy atom. The van der Waals surface area contributed by atoms with Crippen LogP contribution in [0, 0.1) is 0 Å². The van der Waals surface area contributed by atoms with Gasteiger partial charge in [-0.25, -0.2) is 0 Å². The molecule has 7 heteroatoms. The van der Waals surface area contributed by atoms with Gasteiger partial charge in [-0.3, -0.25) is 14.6 Å². The van der Waals surface area contributed by atoms with Crippen LogP contribution in [-0.2, 0) is 16.1 Å². The number of hydrogen-bond acceptors (Lipinski definition) is 5. The Kier molecular flexibility index (Phi) is 5.71. The summed E-state index contributed by atoms with van der Waals surface area (Å²) in [6.07, 6.45) is 8.66. The lowest BCUT2D eigenvalue weighted by molar-refractivity contribution is -0.134. The van der Waals surface area contributed by atoms with Gasteiger partial charge in [0, 0.05) is 31.6 Å². The molecule has 0 N–H and O–H groups in total. The number of pyridine rings is 1. The summed E-state index contributed by atoms with van der Waals surface area (Å²) in [6.45, 7) is 1.69. The minimum atomic E-state index is -0.140. The molecule has 2 amide bonds. The third kappa shape index (κ3) is 4.59. The second kappa shape index (κ2) is 8.56. The number of carbonyl (C=O) groups excluding carboxylic acids is 2. The number of ether oxygens (including phenoxy) is 1. The largest absolute Gasteiger partial charge is 0.467 e. The maximum absolute atomic E-state index is 13.2. The maximum atomic E-state index is 13.2. The molecule has 2 aromatic heterocycles. The first kappa shape index (κ1) is 18.7. The SMILES string of the molecule is O=C(CN(C(=O)c1cccnc1)C1CC1)N(Cc1ccco1)C[C@@H]1CCCO1. The highest BCUT2D eigenvalue weighted by Gasteiger charge is 2.36. The smallest absolute Gasteiger partial charge is 0.256 e. The van der Waals surface area contributed by atoms with Crippen LogP contribution in [0.3, 0.4) is 0 Å². The first-order valence-corrected chi connectivity index (χ1v) is 9.83. The van der Waals surface area contributed by atoms with Gasteiger partial charge in [0.2, 0.25) is 5.91 Å². The first-order chi connectivity index (χ1) is 13.7.